The van der Waals surface area contributed by atoms with Gasteiger partial charge in [-0.1, -0.05) is 22.0 Å². The lowest BCUT2D eigenvalue weighted by Gasteiger charge is -2.17. The van der Waals surface area contributed by atoms with Crippen LogP contribution in [0.15, 0.2) is 12.7 Å². The van der Waals surface area contributed by atoms with Gasteiger partial charge in [-0.2, -0.15) is 0 Å². The quantitative estimate of drug-likeness (QED) is 0.544. The van der Waals surface area contributed by atoms with Gasteiger partial charge >= 0.3 is 6.09 Å². The Labute approximate surface area is 85.7 Å². The molecular formula is C8H12BrNO3. The molecule has 4 nitrogen and oxygen atoms in total. The van der Waals surface area contributed by atoms with Crippen molar-refractivity contribution in [2.75, 3.05) is 25.5 Å². The van der Waals surface area contributed by atoms with E-state index in [1.807, 2.05) is 0 Å². The Bertz CT molecular complexity index is 206. The molecular weight excluding hydrogens is 238 g/mol. The highest BCUT2D eigenvalue weighted by molar-refractivity contribution is 9.09. The van der Waals surface area contributed by atoms with Crippen molar-refractivity contribution in [3.8, 4) is 0 Å². The molecule has 0 heterocycles. The number of ether oxygens (including phenoxy) is 1. The van der Waals surface area contributed by atoms with Crippen molar-refractivity contribution in [1.82, 2.24) is 4.90 Å². The molecule has 0 spiro atoms. The fourth-order valence-electron chi connectivity index (χ4n) is 0.744. The molecule has 74 valence electrons. The van der Waals surface area contributed by atoms with Gasteiger partial charge in [-0.3, -0.25) is 9.69 Å². The van der Waals surface area contributed by atoms with E-state index in [1.54, 1.807) is 6.08 Å². The van der Waals surface area contributed by atoms with E-state index in [4.69, 9.17) is 0 Å². The van der Waals surface area contributed by atoms with Crippen molar-refractivity contribution in [2.45, 2.75) is 0 Å². The molecule has 0 bridgehead atoms. The smallest absolute Gasteiger partial charge is 0.410 e. The lowest BCUT2D eigenvalue weighted by molar-refractivity contribution is -0.117. The van der Waals surface area contributed by atoms with E-state index in [-0.39, 0.29) is 17.7 Å². The molecule has 1 amide bonds. The van der Waals surface area contributed by atoms with Gasteiger partial charge in [0, 0.05) is 6.54 Å². The average molecular weight is 250 g/mol. The molecule has 0 fully saturated rings. The molecule has 0 radical (unpaired) electrons. The number of amides is 1. The van der Waals surface area contributed by atoms with Crippen LogP contribution in [0.1, 0.15) is 0 Å². The summed E-state index contributed by atoms with van der Waals surface area (Å²) in [6.45, 7) is 3.83. The minimum atomic E-state index is -0.519. The molecule has 0 rings (SSSR count). The molecule has 0 aromatic rings. The van der Waals surface area contributed by atoms with Crippen molar-refractivity contribution in [3.05, 3.63) is 12.7 Å². The van der Waals surface area contributed by atoms with Gasteiger partial charge in [0.25, 0.3) is 0 Å². The zero-order valence-electron chi connectivity index (χ0n) is 7.46. The standard InChI is InChI=1S/C8H12BrNO3/c1-3-4-10(8(12)13-2)6-7(11)5-9/h3H,1,4-6H2,2H3. The topological polar surface area (TPSA) is 46.6 Å². The van der Waals surface area contributed by atoms with Crippen molar-refractivity contribution < 1.29 is 14.3 Å². The molecule has 13 heavy (non-hydrogen) atoms. The van der Waals surface area contributed by atoms with Crippen LogP contribution in [0.2, 0.25) is 0 Å². The van der Waals surface area contributed by atoms with E-state index >= 15 is 0 Å². The summed E-state index contributed by atoms with van der Waals surface area (Å²) in [4.78, 5) is 23.3. The van der Waals surface area contributed by atoms with Crippen LogP contribution in [-0.4, -0.2) is 42.3 Å². The molecule has 0 saturated heterocycles. The minimum Gasteiger partial charge on any atom is -0.453 e. The molecule has 0 aliphatic rings. The number of hydrogen-bond acceptors (Lipinski definition) is 3. The summed E-state index contributed by atoms with van der Waals surface area (Å²) in [7, 11) is 1.27. The number of Topliss-reactive ketones (excluding diaryl/α,β-unsaturated/α-hetero) is 1. The molecule has 0 unspecified atom stereocenters. The number of methoxy groups -OCH3 is 1. The summed E-state index contributed by atoms with van der Waals surface area (Å²) < 4.78 is 4.48. The molecule has 5 heteroatoms. The number of hydrogen-bond donors (Lipinski definition) is 0. The van der Waals surface area contributed by atoms with Gasteiger partial charge in [0.05, 0.1) is 19.0 Å². The highest BCUT2D eigenvalue weighted by atomic mass is 79.9. The summed E-state index contributed by atoms with van der Waals surface area (Å²) in [6, 6.07) is 0. The van der Waals surface area contributed by atoms with Gasteiger partial charge in [0.1, 0.15) is 0 Å². The fraction of sp³-hybridized carbons (Fsp3) is 0.500. The Morgan fingerprint density at radius 3 is 2.62 bits per heavy atom. The highest BCUT2D eigenvalue weighted by Gasteiger charge is 2.14. The number of rotatable bonds is 5. The Morgan fingerprint density at radius 2 is 2.23 bits per heavy atom. The van der Waals surface area contributed by atoms with Gasteiger partial charge in [-0.25, -0.2) is 4.79 Å². The van der Waals surface area contributed by atoms with Crippen molar-refractivity contribution in [2.24, 2.45) is 0 Å². The van der Waals surface area contributed by atoms with Crippen LogP contribution in [0.4, 0.5) is 4.79 Å². The molecule has 0 aromatic heterocycles. The first-order chi connectivity index (χ1) is 6.15. The Morgan fingerprint density at radius 1 is 1.62 bits per heavy atom. The zero-order chi connectivity index (χ0) is 10.3. The van der Waals surface area contributed by atoms with Crippen LogP contribution in [0.3, 0.4) is 0 Å². The molecule has 0 N–H and O–H groups in total. The maximum Gasteiger partial charge on any atom is 0.410 e. The summed E-state index contributed by atoms with van der Waals surface area (Å²) in [5, 5.41) is 0.234. The first-order valence-corrected chi connectivity index (χ1v) is 4.79. The normalized spacial score (nSPS) is 9.08. The maximum atomic E-state index is 11.0. The van der Waals surface area contributed by atoms with Crippen LogP contribution < -0.4 is 0 Å². The van der Waals surface area contributed by atoms with E-state index in [0.29, 0.717) is 6.54 Å². The molecule has 0 aliphatic heterocycles. The first kappa shape index (κ1) is 12.2. The van der Waals surface area contributed by atoms with Gasteiger partial charge in [0.15, 0.2) is 5.78 Å². The second kappa shape index (κ2) is 6.65. The van der Waals surface area contributed by atoms with Crippen LogP contribution in [0.5, 0.6) is 0 Å². The summed E-state index contributed by atoms with van der Waals surface area (Å²) in [6.07, 6.45) is 1.02. The number of nitrogens with zero attached hydrogens (tertiary/aromatic N) is 1. The molecule has 0 atom stereocenters. The predicted octanol–water partition coefficient (Wildman–Crippen LogP) is 1.20. The van der Waals surface area contributed by atoms with E-state index < -0.39 is 6.09 Å². The summed E-state index contributed by atoms with van der Waals surface area (Å²) >= 11 is 3.01. The Balaban J connectivity index is 4.16. The summed E-state index contributed by atoms with van der Waals surface area (Å²) in [5.41, 5.74) is 0. The third-order valence-corrected chi connectivity index (χ3v) is 1.92. The largest absolute Gasteiger partial charge is 0.453 e. The number of halogens is 1. The van der Waals surface area contributed by atoms with Crippen LogP contribution in [-0.2, 0) is 9.53 Å². The lowest BCUT2D eigenvalue weighted by atomic mass is 10.4. The van der Waals surface area contributed by atoms with Crippen molar-refractivity contribution >= 4 is 27.8 Å². The highest BCUT2D eigenvalue weighted by Crippen LogP contribution is 1.95. The predicted molar refractivity (Wildman–Crippen MR) is 53.0 cm³/mol. The zero-order valence-corrected chi connectivity index (χ0v) is 9.04. The molecule has 0 aliphatic carbocycles. The van der Waals surface area contributed by atoms with Crippen molar-refractivity contribution in [1.29, 1.82) is 0 Å². The maximum absolute atomic E-state index is 11.0. The van der Waals surface area contributed by atoms with Gasteiger partial charge in [-0.15, -0.1) is 6.58 Å². The van der Waals surface area contributed by atoms with Gasteiger partial charge < -0.3 is 4.74 Å². The minimum absolute atomic E-state index is 0.0456. The van der Waals surface area contributed by atoms with Gasteiger partial charge in [0.2, 0.25) is 0 Å². The van der Waals surface area contributed by atoms with Crippen LogP contribution in [0.25, 0.3) is 0 Å². The molecule has 0 saturated carbocycles. The van der Waals surface area contributed by atoms with E-state index in [9.17, 15) is 9.59 Å². The third-order valence-electron chi connectivity index (χ3n) is 1.30. The van der Waals surface area contributed by atoms with Crippen molar-refractivity contribution in [3.63, 3.8) is 0 Å². The second-order valence-corrected chi connectivity index (χ2v) is 2.87. The second-order valence-electron chi connectivity index (χ2n) is 2.31. The third kappa shape index (κ3) is 4.67. The van der Waals surface area contributed by atoms with E-state index in [2.05, 4.69) is 27.2 Å². The number of alkyl halides is 1. The van der Waals surface area contributed by atoms with Crippen LogP contribution in [0, 0.1) is 0 Å². The fourth-order valence-corrected chi connectivity index (χ4v) is 0.921. The SMILES string of the molecule is C=CCN(CC(=O)CBr)C(=O)OC. The number of carbonyl (C=O) groups excluding carboxylic acids is 2. The van der Waals surface area contributed by atoms with E-state index in [1.165, 1.54) is 12.0 Å². The van der Waals surface area contributed by atoms with E-state index in [0.717, 1.165) is 0 Å². The number of ketones is 1. The Kier molecular flexibility index (Phi) is 6.22. The van der Waals surface area contributed by atoms with Gasteiger partial charge in [-0.05, 0) is 0 Å². The monoisotopic (exact) mass is 249 g/mol. The first-order valence-electron chi connectivity index (χ1n) is 3.67. The van der Waals surface area contributed by atoms with Crippen LogP contribution >= 0.6 is 15.9 Å². The summed E-state index contributed by atoms with van der Waals surface area (Å²) in [5.74, 6) is -0.0766. The average Bonchev–Trinajstić information content (AvgIpc) is 2.15. The number of carbonyl (C=O) groups is 2. The lowest BCUT2D eigenvalue weighted by Crippen LogP contribution is -2.36. The molecule has 0 aromatic carbocycles. The Hall–Kier alpha value is -0.840.